The van der Waals surface area contributed by atoms with Gasteiger partial charge < -0.3 is 10.0 Å². The topological polar surface area (TPSA) is 57.6 Å². The third-order valence-corrected chi connectivity index (χ3v) is 5.44. The Labute approximate surface area is 114 Å². The van der Waals surface area contributed by atoms with E-state index in [0.29, 0.717) is 18.4 Å². The normalized spacial score (nSPS) is 38.2. The Morgan fingerprint density at radius 2 is 1.63 bits per heavy atom. The average molecular weight is 265 g/mol. The molecular weight excluding hydrogens is 242 g/mol. The zero-order chi connectivity index (χ0) is 13.4. The molecule has 19 heavy (non-hydrogen) atoms. The smallest absolute Gasteiger partial charge is 0.307 e. The summed E-state index contributed by atoms with van der Waals surface area (Å²) < 4.78 is 0. The predicted octanol–water partition coefficient (Wildman–Crippen LogP) is 2.28. The summed E-state index contributed by atoms with van der Waals surface area (Å²) in [5, 5.41) is 9.24. The number of likely N-dealkylation sites (tertiary alicyclic amines) is 1. The Morgan fingerprint density at radius 3 is 2.42 bits per heavy atom. The molecule has 1 amide bonds. The molecular formula is C15H23NO3. The van der Waals surface area contributed by atoms with Gasteiger partial charge in [0.2, 0.25) is 5.91 Å². The van der Waals surface area contributed by atoms with Gasteiger partial charge in [0.05, 0.1) is 11.8 Å². The maximum Gasteiger partial charge on any atom is 0.307 e. The first-order chi connectivity index (χ1) is 9.18. The summed E-state index contributed by atoms with van der Waals surface area (Å²) in [6, 6.07) is 0.413. The number of hydrogen-bond acceptors (Lipinski definition) is 2. The van der Waals surface area contributed by atoms with E-state index in [0.717, 1.165) is 32.2 Å². The second kappa shape index (κ2) is 5.14. The number of nitrogens with zero attached hydrogens (tertiary/aromatic N) is 1. The van der Waals surface area contributed by atoms with Crippen LogP contribution < -0.4 is 0 Å². The summed E-state index contributed by atoms with van der Waals surface area (Å²) in [5.74, 6) is -0.648. The van der Waals surface area contributed by atoms with Gasteiger partial charge in [-0.15, -0.1) is 0 Å². The van der Waals surface area contributed by atoms with Crippen LogP contribution in [-0.2, 0) is 9.59 Å². The zero-order valence-electron chi connectivity index (χ0n) is 11.4. The molecule has 1 aliphatic heterocycles. The minimum atomic E-state index is -0.782. The highest BCUT2D eigenvalue weighted by molar-refractivity contribution is 5.85. The molecule has 0 aromatic heterocycles. The van der Waals surface area contributed by atoms with Crippen molar-refractivity contribution in [3.63, 3.8) is 0 Å². The maximum absolute atomic E-state index is 12.7. The van der Waals surface area contributed by atoms with E-state index >= 15 is 0 Å². The van der Waals surface area contributed by atoms with Gasteiger partial charge in [-0.05, 0) is 38.0 Å². The van der Waals surface area contributed by atoms with Crippen LogP contribution >= 0.6 is 0 Å². The molecule has 4 nitrogen and oxygen atoms in total. The van der Waals surface area contributed by atoms with E-state index in [1.54, 1.807) is 0 Å². The summed E-state index contributed by atoms with van der Waals surface area (Å²) in [5.41, 5.74) is 0. The largest absolute Gasteiger partial charge is 0.481 e. The molecule has 4 atom stereocenters. The first-order valence-corrected chi connectivity index (χ1v) is 7.72. The highest BCUT2D eigenvalue weighted by atomic mass is 16.4. The van der Waals surface area contributed by atoms with E-state index in [1.807, 2.05) is 4.90 Å². The van der Waals surface area contributed by atoms with Crippen LogP contribution in [0.2, 0.25) is 0 Å². The fourth-order valence-electron chi connectivity index (χ4n) is 4.44. The number of hydrogen-bond donors (Lipinski definition) is 1. The molecule has 106 valence electrons. The summed E-state index contributed by atoms with van der Waals surface area (Å²) in [6.07, 6.45) is 8.35. The zero-order valence-corrected chi connectivity index (χ0v) is 11.4. The molecule has 1 N–H and O–H groups in total. The lowest BCUT2D eigenvalue weighted by Crippen LogP contribution is -2.44. The first-order valence-electron chi connectivity index (χ1n) is 7.72. The molecule has 1 heterocycles. The van der Waals surface area contributed by atoms with Crippen LogP contribution in [0.4, 0.5) is 0 Å². The van der Waals surface area contributed by atoms with Gasteiger partial charge in [0.25, 0.3) is 0 Å². The number of carboxylic acids is 1. The van der Waals surface area contributed by atoms with E-state index < -0.39 is 11.9 Å². The van der Waals surface area contributed by atoms with Crippen molar-refractivity contribution in [2.45, 2.75) is 57.4 Å². The van der Waals surface area contributed by atoms with Crippen molar-refractivity contribution in [1.29, 1.82) is 0 Å². The molecule has 2 aliphatic carbocycles. The fourth-order valence-corrected chi connectivity index (χ4v) is 4.44. The fraction of sp³-hybridized carbons (Fsp3) is 0.867. The van der Waals surface area contributed by atoms with Crippen molar-refractivity contribution in [3.05, 3.63) is 0 Å². The van der Waals surface area contributed by atoms with Gasteiger partial charge >= 0.3 is 5.97 Å². The molecule has 2 saturated carbocycles. The number of carboxylic acid groups (broad SMARTS) is 1. The van der Waals surface area contributed by atoms with Crippen molar-refractivity contribution in [1.82, 2.24) is 4.90 Å². The summed E-state index contributed by atoms with van der Waals surface area (Å²) in [7, 11) is 0. The SMILES string of the molecule is O=C(O)C1CCCC1C(=O)N1CCC2CCCCC21. The van der Waals surface area contributed by atoms with Gasteiger partial charge in [0, 0.05) is 12.6 Å². The number of carbonyl (C=O) groups is 2. The van der Waals surface area contributed by atoms with Crippen LogP contribution in [-0.4, -0.2) is 34.5 Å². The van der Waals surface area contributed by atoms with Crippen molar-refractivity contribution < 1.29 is 14.7 Å². The molecule has 4 unspecified atom stereocenters. The number of rotatable bonds is 2. The Hall–Kier alpha value is -1.06. The van der Waals surface area contributed by atoms with Crippen molar-refractivity contribution in [2.24, 2.45) is 17.8 Å². The highest BCUT2D eigenvalue weighted by Crippen LogP contribution is 2.40. The summed E-state index contributed by atoms with van der Waals surface area (Å²) >= 11 is 0. The van der Waals surface area contributed by atoms with Gasteiger partial charge in [0.15, 0.2) is 0 Å². The van der Waals surface area contributed by atoms with Gasteiger partial charge in [-0.1, -0.05) is 19.3 Å². The molecule has 4 heteroatoms. The molecule has 0 spiro atoms. The van der Waals surface area contributed by atoms with E-state index in [-0.39, 0.29) is 11.8 Å². The number of aliphatic carboxylic acids is 1. The minimum Gasteiger partial charge on any atom is -0.481 e. The minimum absolute atomic E-state index is 0.138. The lowest BCUT2D eigenvalue weighted by atomic mass is 9.84. The number of fused-ring (bicyclic) bond motifs is 1. The Balaban J connectivity index is 1.71. The van der Waals surface area contributed by atoms with Crippen LogP contribution in [0.5, 0.6) is 0 Å². The van der Waals surface area contributed by atoms with E-state index in [2.05, 4.69) is 0 Å². The Kier molecular flexibility index (Phi) is 3.50. The van der Waals surface area contributed by atoms with Crippen molar-refractivity contribution in [3.8, 4) is 0 Å². The predicted molar refractivity (Wildman–Crippen MR) is 70.5 cm³/mol. The molecule has 0 aromatic carbocycles. The van der Waals surface area contributed by atoms with Crippen LogP contribution in [0.25, 0.3) is 0 Å². The summed E-state index contributed by atoms with van der Waals surface area (Å²) in [6.45, 7) is 0.858. The van der Waals surface area contributed by atoms with Crippen LogP contribution in [0, 0.1) is 17.8 Å². The molecule has 3 aliphatic rings. The average Bonchev–Trinajstić information content (AvgIpc) is 3.05. The van der Waals surface area contributed by atoms with Crippen molar-refractivity contribution >= 4 is 11.9 Å². The van der Waals surface area contributed by atoms with Crippen LogP contribution in [0.3, 0.4) is 0 Å². The van der Waals surface area contributed by atoms with Gasteiger partial charge in [-0.25, -0.2) is 0 Å². The number of amides is 1. The second-order valence-corrected chi connectivity index (χ2v) is 6.41. The van der Waals surface area contributed by atoms with E-state index in [9.17, 15) is 14.7 Å². The monoisotopic (exact) mass is 265 g/mol. The van der Waals surface area contributed by atoms with Gasteiger partial charge in [-0.3, -0.25) is 9.59 Å². The lowest BCUT2D eigenvalue weighted by Gasteiger charge is -2.33. The Bertz CT molecular complexity index is 382. The van der Waals surface area contributed by atoms with E-state index in [4.69, 9.17) is 0 Å². The lowest BCUT2D eigenvalue weighted by molar-refractivity contribution is -0.149. The van der Waals surface area contributed by atoms with E-state index in [1.165, 1.54) is 19.3 Å². The molecule has 3 fully saturated rings. The molecule has 0 bridgehead atoms. The molecule has 1 saturated heterocycles. The maximum atomic E-state index is 12.7. The van der Waals surface area contributed by atoms with Gasteiger partial charge in [0.1, 0.15) is 0 Å². The van der Waals surface area contributed by atoms with Crippen LogP contribution in [0.15, 0.2) is 0 Å². The third-order valence-electron chi connectivity index (χ3n) is 5.44. The number of carbonyl (C=O) groups excluding carboxylic acids is 1. The molecule has 3 rings (SSSR count). The molecule has 0 radical (unpaired) electrons. The third kappa shape index (κ3) is 2.26. The highest BCUT2D eigenvalue weighted by Gasteiger charge is 2.45. The first kappa shape index (κ1) is 12.9. The standard InChI is InChI=1S/C15H23NO3/c17-14(11-5-3-6-12(11)15(18)19)16-9-8-10-4-1-2-7-13(10)16/h10-13H,1-9H2,(H,18,19). The van der Waals surface area contributed by atoms with Gasteiger partial charge in [-0.2, -0.15) is 0 Å². The van der Waals surface area contributed by atoms with Crippen LogP contribution in [0.1, 0.15) is 51.4 Å². The summed E-state index contributed by atoms with van der Waals surface area (Å²) in [4.78, 5) is 26.0. The Morgan fingerprint density at radius 1 is 0.895 bits per heavy atom. The second-order valence-electron chi connectivity index (χ2n) is 6.41. The quantitative estimate of drug-likeness (QED) is 0.833. The van der Waals surface area contributed by atoms with Crippen molar-refractivity contribution in [2.75, 3.05) is 6.54 Å². The molecule has 0 aromatic rings.